The number of anilines is 1. The van der Waals surface area contributed by atoms with Gasteiger partial charge in [-0.3, -0.25) is 19.8 Å². The average Bonchev–Trinajstić information content (AvgIpc) is 2.67. The lowest BCUT2D eigenvalue weighted by atomic mass is 10.1. The number of thiocarbonyl (C=S) groups is 1. The molecule has 0 radical (unpaired) electrons. The van der Waals surface area contributed by atoms with Crippen molar-refractivity contribution in [2.45, 2.75) is 6.92 Å². The quantitative estimate of drug-likeness (QED) is 0.380. The van der Waals surface area contributed by atoms with Crippen molar-refractivity contribution in [3.8, 4) is 11.5 Å². The Labute approximate surface area is 186 Å². The Morgan fingerprint density at radius 2 is 1.93 bits per heavy atom. The first-order valence-electron chi connectivity index (χ1n) is 8.53. The topological polar surface area (TPSA) is 67.9 Å². The smallest absolute Gasteiger partial charge is 0.270 e. The SMILES string of the molecule is CCOc1cc(/C=C2\C(=O)NC(=S)N(c3ccc(Cl)cc3)C2=O)cc(Br)c1OC. The van der Waals surface area contributed by atoms with Crippen molar-refractivity contribution in [1.82, 2.24) is 5.32 Å². The van der Waals surface area contributed by atoms with Crippen LogP contribution in [0.2, 0.25) is 5.02 Å². The maximum absolute atomic E-state index is 13.1. The minimum absolute atomic E-state index is 0.00499. The number of carbonyl (C=O) groups is 2. The van der Waals surface area contributed by atoms with Crippen molar-refractivity contribution in [2.24, 2.45) is 0 Å². The first kappa shape index (κ1) is 21.3. The molecule has 0 atom stereocenters. The first-order chi connectivity index (χ1) is 13.8. The van der Waals surface area contributed by atoms with Gasteiger partial charge >= 0.3 is 0 Å². The number of amides is 2. The summed E-state index contributed by atoms with van der Waals surface area (Å²) in [6.45, 7) is 2.28. The van der Waals surface area contributed by atoms with E-state index in [4.69, 9.17) is 33.3 Å². The van der Waals surface area contributed by atoms with Gasteiger partial charge < -0.3 is 9.47 Å². The summed E-state index contributed by atoms with van der Waals surface area (Å²) in [7, 11) is 1.53. The van der Waals surface area contributed by atoms with Crippen LogP contribution in [0.5, 0.6) is 11.5 Å². The lowest BCUT2D eigenvalue weighted by Crippen LogP contribution is -2.54. The van der Waals surface area contributed by atoms with Crippen LogP contribution in [-0.2, 0) is 9.59 Å². The number of ether oxygens (including phenoxy) is 2. The van der Waals surface area contributed by atoms with Gasteiger partial charge in [0.05, 0.1) is 23.9 Å². The number of halogens is 2. The predicted octanol–water partition coefficient (Wildman–Crippen LogP) is 4.34. The van der Waals surface area contributed by atoms with Crippen LogP contribution in [0.4, 0.5) is 5.69 Å². The molecule has 2 amide bonds. The zero-order valence-electron chi connectivity index (χ0n) is 15.5. The molecule has 150 valence electrons. The molecule has 1 heterocycles. The van der Waals surface area contributed by atoms with Crippen LogP contribution in [0, 0.1) is 0 Å². The van der Waals surface area contributed by atoms with Crippen molar-refractivity contribution in [1.29, 1.82) is 0 Å². The summed E-state index contributed by atoms with van der Waals surface area (Å²) in [5.74, 6) is -0.0940. The van der Waals surface area contributed by atoms with Gasteiger partial charge in [-0.25, -0.2) is 0 Å². The molecule has 1 N–H and O–H groups in total. The van der Waals surface area contributed by atoms with Crippen LogP contribution in [-0.4, -0.2) is 30.6 Å². The summed E-state index contributed by atoms with van der Waals surface area (Å²) in [4.78, 5) is 26.8. The predicted molar refractivity (Wildman–Crippen MR) is 120 cm³/mol. The molecule has 1 saturated heterocycles. The fourth-order valence-electron chi connectivity index (χ4n) is 2.78. The number of nitrogens with zero attached hydrogens (tertiary/aromatic N) is 1. The highest BCUT2D eigenvalue weighted by Crippen LogP contribution is 2.37. The largest absolute Gasteiger partial charge is 0.492 e. The van der Waals surface area contributed by atoms with Crippen LogP contribution in [0.1, 0.15) is 12.5 Å². The summed E-state index contributed by atoms with van der Waals surface area (Å²) >= 11 is 14.5. The second-order valence-corrected chi connectivity index (χ2v) is 7.58. The van der Waals surface area contributed by atoms with E-state index < -0.39 is 11.8 Å². The summed E-state index contributed by atoms with van der Waals surface area (Å²) in [6, 6.07) is 10.0. The Bertz CT molecular complexity index is 1020. The number of carbonyl (C=O) groups excluding carboxylic acids is 2. The molecule has 2 aromatic carbocycles. The average molecular weight is 496 g/mol. The maximum atomic E-state index is 13.1. The van der Waals surface area contributed by atoms with Gasteiger partial charge in [0.1, 0.15) is 5.57 Å². The molecule has 0 aliphatic carbocycles. The molecule has 3 rings (SSSR count). The summed E-state index contributed by atoms with van der Waals surface area (Å²) in [5, 5.41) is 3.08. The first-order valence-corrected chi connectivity index (χ1v) is 10.1. The fraction of sp³-hybridized carbons (Fsp3) is 0.150. The highest BCUT2D eigenvalue weighted by atomic mass is 79.9. The Morgan fingerprint density at radius 3 is 2.55 bits per heavy atom. The summed E-state index contributed by atoms with van der Waals surface area (Å²) in [6.07, 6.45) is 1.48. The van der Waals surface area contributed by atoms with E-state index in [9.17, 15) is 9.59 Å². The van der Waals surface area contributed by atoms with E-state index in [0.29, 0.717) is 38.9 Å². The molecule has 0 bridgehead atoms. The van der Waals surface area contributed by atoms with Crippen molar-refractivity contribution in [3.05, 3.63) is 57.0 Å². The van der Waals surface area contributed by atoms with Crippen LogP contribution in [0.15, 0.2) is 46.4 Å². The van der Waals surface area contributed by atoms with Crippen molar-refractivity contribution < 1.29 is 19.1 Å². The highest BCUT2D eigenvalue weighted by molar-refractivity contribution is 9.10. The lowest BCUT2D eigenvalue weighted by Gasteiger charge is -2.29. The number of rotatable bonds is 5. The van der Waals surface area contributed by atoms with Gasteiger partial charge in [0.25, 0.3) is 11.8 Å². The second kappa shape index (κ2) is 8.94. The Morgan fingerprint density at radius 1 is 1.24 bits per heavy atom. The third-order valence-electron chi connectivity index (χ3n) is 4.03. The molecule has 6 nitrogen and oxygen atoms in total. The van der Waals surface area contributed by atoms with E-state index in [2.05, 4.69) is 21.2 Å². The molecule has 9 heteroatoms. The Hall–Kier alpha value is -2.42. The van der Waals surface area contributed by atoms with Crippen molar-refractivity contribution >= 4 is 68.4 Å². The van der Waals surface area contributed by atoms with Crippen LogP contribution < -0.4 is 19.7 Å². The Kier molecular flexibility index (Phi) is 6.56. The van der Waals surface area contributed by atoms with Gasteiger partial charge in [-0.15, -0.1) is 0 Å². The molecule has 0 unspecified atom stereocenters. The summed E-state index contributed by atoms with van der Waals surface area (Å²) < 4.78 is 11.6. The van der Waals surface area contributed by atoms with Crippen LogP contribution in [0.3, 0.4) is 0 Å². The lowest BCUT2D eigenvalue weighted by molar-refractivity contribution is -0.122. The molecule has 29 heavy (non-hydrogen) atoms. The molecule has 0 saturated carbocycles. The van der Waals surface area contributed by atoms with E-state index >= 15 is 0 Å². The van der Waals surface area contributed by atoms with E-state index in [0.717, 1.165) is 0 Å². The fourth-order valence-corrected chi connectivity index (χ4v) is 3.81. The van der Waals surface area contributed by atoms with E-state index in [1.807, 2.05) is 6.92 Å². The van der Waals surface area contributed by atoms with Gasteiger partial charge in [-0.2, -0.15) is 0 Å². The van der Waals surface area contributed by atoms with E-state index in [-0.39, 0.29) is 10.7 Å². The van der Waals surface area contributed by atoms with Gasteiger partial charge in [-0.1, -0.05) is 11.6 Å². The zero-order chi connectivity index (χ0) is 21.1. The number of benzene rings is 2. The Balaban J connectivity index is 2.03. The molecule has 0 aromatic heterocycles. The number of nitrogens with one attached hydrogen (secondary N) is 1. The van der Waals surface area contributed by atoms with E-state index in [1.54, 1.807) is 36.4 Å². The highest BCUT2D eigenvalue weighted by Gasteiger charge is 2.34. The number of hydrogen-bond donors (Lipinski definition) is 1. The molecule has 2 aromatic rings. The number of methoxy groups -OCH3 is 1. The van der Waals surface area contributed by atoms with Crippen molar-refractivity contribution in [3.63, 3.8) is 0 Å². The molecule has 1 aliphatic rings. The van der Waals surface area contributed by atoms with Gasteiger partial charge in [-0.05, 0) is 83.1 Å². The minimum Gasteiger partial charge on any atom is -0.492 e. The zero-order valence-corrected chi connectivity index (χ0v) is 18.7. The molecular weight excluding hydrogens is 480 g/mol. The molecule has 1 fully saturated rings. The molecule has 0 spiro atoms. The van der Waals surface area contributed by atoms with Crippen LogP contribution in [0.25, 0.3) is 6.08 Å². The summed E-state index contributed by atoms with van der Waals surface area (Å²) in [5.41, 5.74) is 1.03. The minimum atomic E-state index is -0.574. The second-order valence-electron chi connectivity index (χ2n) is 5.90. The maximum Gasteiger partial charge on any atom is 0.270 e. The normalized spacial score (nSPS) is 15.5. The third-order valence-corrected chi connectivity index (χ3v) is 5.16. The van der Waals surface area contributed by atoms with Gasteiger partial charge in [0.2, 0.25) is 0 Å². The van der Waals surface area contributed by atoms with Crippen LogP contribution >= 0.6 is 39.7 Å². The number of hydrogen-bond acceptors (Lipinski definition) is 5. The monoisotopic (exact) mass is 494 g/mol. The van der Waals surface area contributed by atoms with E-state index in [1.165, 1.54) is 18.1 Å². The molecule has 1 aliphatic heterocycles. The van der Waals surface area contributed by atoms with Crippen molar-refractivity contribution in [2.75, 3.05) is 18.6 Å². The van der Waals surface area contributed by atoms with Gasteiger partial charge in [0, 0.05) is 5.02 Å². The standard InChI is InChI=1S/C20H16BrClN2O4S/c1-3-28-16-10-11(9-15(21)17(16)27-2)8-14-18(25)23-20(29)24(19(14)26)13-6-4-12(22)5-7-13/h4-10H,3H2,1-2H3,(H,23,25,29)/b14-8+. The van der Waals surface area contributed by atoms with Gasteiger partial charge in [0.15, 0.2) is 16.6 Å². The molecular formula is C20H16BrClN2O4S. The third kappa shape index (κ3) is 4.44.